The molecule has 0 aromatic rings. The second-order valence-electron chi connectivity index (χ2n) is 11.5. The molecule has 0 atom stereocenters. The molecule has 0 bridgehead atoms. The van der Waals surface area contributed by atoms with E-state index in [2.05, 4.69) is 96.9 Å². The summed E-state index contributed by atoms with van der Waals surface area (Å²) in [5.74, 6) is 0. The molecule has 0 amide bonds. The summed E-state index contributed by atoms with van der Waals surface area (Å²) in [6.07, 6.45) is 0. The second kappa shape index (κ2) is 6.76. The van der Waals surface area contributed by atoms with Crippen LogP contribution in [-0.4, -0.2) is 8.32 Å². The molecule has 0 unspecified atom stereocenters. The summed E-state index contributed by atoms with van der Waals surface area (Å²) < 4.78 is 8.90. The molecule has 0 saturated heterocycles. The summed E-state index contributed by atoms with van der Waals surface area (Å²) in [7, 11) is -2.10. The molecular weight excluding hydrogens is 356 g/mol. The van der Waals surface area contributed by atoms with Gasteiger partial charge in [-0.3, -0.25) is 0 Å². The zero-order valence-electron chi connectivity index (χ0n) is 19.4. The first-order valence-corrected chi connectivity index (χ1v) is 13.0. The standard InChI is InChI=1S/C12H27OSi.C10H15.Ti/c1-10(2,3)14(13,11(4,5)6)12(7,8)9;1-7-6-10(4,5)9(3)8(7)2;/h1-9H3;1-5H3;/q-1;;+1. The van der Waals surface area contributed by atoms with Crippen molar-refractivity contribution in [2.75, 3.05) is 0 Å². The molecule has 0 saturated carbocycles. The predicted octanol–water partition coefficient (Wildman–Crippen LogP) is 8.00. The van der Waals surface area contributed by atoms with E-state index in [0.717, 1.165) is 0 Å². The fourth-order valence-electron chi connectivity index (χ4n) is 5.76. The van der Waals surface area contributed by atoms with E-state index in [-0.39, 0.29) is 20.5 Å². The zero-order valence-corrected chi connectivity index (χ0v) is 22.0. The zero-order chi connectivity index (χ0) is 20.2. The van der Waals surface area contributed by atoms with Gasteiger partial charge >= 0.3 is 169 Å². The van der Waals surface area contributed by atoms with E-state index in [9.17, 15) is 0 Å². The van der Waals surface area contributed by atoms with Crippen LogP contribution < -0.4 is 0 Å². The molecule has 0 aromatic carbocycles. The molecule has 1 aliphatic carbocycles. The molecule has 0 fully saturated rings. The van der Waals surface area contributed by atoms with E-state index in [0.29, 0.717) is 0 Å². The molecule has 0 spiro atoms. The van der Waals surface area contributed by atoms with Crippen molar-refractivity contribution in [3.8, 4) is 0 Å². The summed E-state index contributed by atoms with van der Waals surface area (Å²) in [4.78, 5) is 0. The van der Waals surface area contributed by atoms with Crippen molar-refractivity contribution in [3.05, 3.63) is 20.6 Å². The monoisotopic (exact) mass is 398 g/mol. The average Bonchev–Trinajstić information content (AvgIpc) is 2.48. The Morgan fingerprint density at radius 1 is 0.720 bits per heavy atom. The number of allylic oxidation sites excluding steroid dienone is 4. The summed E-state index contributed by atoms with van der Waals surface area (Å²) in [6, 6.07) is 0. The van der Waals surface area contributed by atoms with E-state index in [4.69, 9.17) is 3.01 Å². The Hall–Kier alpha value is 0.371. The van der Waals surface area contributed by atoms with E-state index >= 15 is 0 Å². The first-order chi connectivity index (χ1) is 10.8. The van der Waals surface area contributed by atoms with E-state index in [1.807, 2.05) is 0 Å². The third-order valence-electron chi connectivity index (χ3n) is 6.54. The summed E-state index contributed by atoms with van der Waals surface area (Å²) in [5, 5.41) is 0.588. The quantitative estimate of drug-likeness (QED) is 0.438. The molecule has 0 aliphatic heterocycles. The molecule has 1 nitrogen and oxygen atoms in total. The van der Waals surface area contributed by atoms with E-state index in [1.54, 1.807) is 3.88 Å². The summed E-state index contributed by atoms with van der Waals surface area (Å²) in [5.41, 5.74) is 4.69. The summed E-state index contributed by atoms with van der Waals surface area (Å²) >= 11 is -0.617. The van der Waals surface area contributed by atoms with Crippen LogP contribution in [0.3, 0.4) is 0 Å². The van der Waals surface area contributed by atoms with Crippen LogP contribution in [0.1, 0.15) is 96.9 Å². The molecule has 3 heteroatoms. The van der Waals surface area contributed by atoms with E-state index < -0.39 is 27.9 Å². The fraction of sp³-hybridized carbons (Fsp3) is 0.818. The molecule has 1 aliphatic rings. The molecule has 1 rings (SSSR count). The first-order valence-electron chi connectivity index (χ1n) is 9.66. The Kier molecular flexibility index (Phi) is 6.33. The van der Waals surface area contributed by atoms with Gasteiger partial charge in [-0.1, -0.05) is 0 Å². The van der Waals surface area contributed by atoms with Gasteiger partial charge in [-0.05, 0) is 0 Å². The Morgan fingerprint density at radius 2 is 1.08 bits per heavy atom. The van der Waals surface area contributed by atoms with Crippen LogP contribution in [0.2, 0.25) is 15.1 Å². The molecule has 144 valence electrons. The molecule has 0 N–H and O–H groups in total. The van der Waals surface area contributed by atoms with Crippen LogP contribution in [0.25, 0.3) is 0 Å². The van der Waals surface area contributed by atoms with Crippen LogP contribution in [0.5, 0.6) is 0 Å². The van der Waals surface area contributed by atoms with Crippen molar-refractivity contribution < 1.29 is 22.5 Å². The Bertz CT molecular complexity index is 553. The van der Waals surface area contributed by atoms with Gasteiger partial charge in [0.2, 0.25) is 0 Å². The van der Waals surface area contributed by atoms with Gasteiger partial charge in [-0.15, -0.1) is 0 Å². The van der Waals surface area contributed by atoms with Crippen molar-refractivity contribution in [2.24, 2.45) is 5.41 Å². The molecule has 0 aromatic heterocycles. The Balaban J connectivity index is 3.42. The predicted molar refractivity (Wildman–Crippen MR) is 111 cm³/mol. The van der Waals surface area contributed by atoms with Crippen LogP contribution >= 0.6 is 0 Å². The van der Waals surface area contributed by atoms with Crippen molar-refractivity contribution in [1.29, 1.82) is 0 Å². The number of rotatable bonds is 3. The maximum absolute atomic E-state index is 7.29. The van der Waals surface area contributed by atoms with Crippen LogP contribution in [0, 0.1) is 5.41 Å². The Morgan fingerprint density at radius 3 is 1.32 bits per heavy atom. The third kappa shape index (κ3) is 3.71. The van der Waals surface area contributed by atoms with Gasteiger partial charge in [-0.2, -0.15) is 0 Å². The van der Waals surface area contributed by atoms with Crippen LogP contribution in [0.15, 0.2) is 20.6 Å². The SMILES string of the molecule is CC1=C(C)C(C)(C)[C]([Ti][O][Si](C(C)(C)C)(C(C)(C)C)C(C)(C)C)=C1C. The van der Waals surface area contributed by atoms with Crippen molar-refractivity contribution in [1.82, 2.24) is 0 Å². The molecule has 0 heterocycles. The minimum absolute atomic E-state index is 0.169. The second-order valence-corrected chi connectivity index (χ2v) is 19.6. The van der Waals surface area contributed by atoms with Gasteiger partial charge < -0.3 is 0 Å². The van der Waals surface area contributed by atoms with Crippen molar-refractivity contribution in [3.63, 3.8) is 0 Å². The van der Waals surface area contributed by atoms with Crippen LogP contribution in [-0.2, 0) is 22.5 Å². The average molecular weight is 399 g/mol. The maximum atomic E-state index is 7.29. The van der Waals surface area contributed by atoms with Gasteiger partial charge in [-0.25, -0.2) is 0 Å². The van der Waals surface area contributed by atoms with Gasteiger partial charge in [0, 0.05) is 0 Å². The first kappa shape index (κ1) is 23.4. The van der Waals surface area contributed by atoms with Crippen LogP contribution in [0.4, 0.5) is 0 Å². The number of hydrogen-bond donors (Lipinski definition) is 0. The molecule has 0 radical (unpaired) electrons. The molecular formula is C22H42OSiTi. The summed E-state index contributed by atoms with van der Waals surface area (Å²) in [6.45, 7) is 33.4. The van der Waals surface area contributed by atoms with Crippen molar-refractivity contribution >= 4 is 8.32 Å². The topological polar surface area (TPSA) is 9.23 Å². The van der Waals surface area contributed by atoms with Crippen molar-refractivity contribution in [2.45, 2.75) is 112 Å². The Labute approximate surface area is 168 Å². The fourth-order valence-corrected chi connectivity index (χ4v) is 20.4. The minimum atomic E-state index is -2.10. The van der Waals surface area contributed by atoms with Gasteiger partial charge in [0.15, 0.2) is 0 Å². The van der Waals surface area contributed by atoms with Gasteiger partial charge in [0.05, 0.1) is 0 Å². The van der Waals surface area contributed by atoms with E-state index in [1.165, 1.54) is 16.7 Å². The molecule has 25 heavy (non-hydrogen) atoms. The number of hydrogen-bond acceptors (Lipinski definition) is 1. The van der Waals surface area contributed by atoms with Gasteiger partial charge in [0.1, 0.15) is 0 Å². The normalized spacial score (nSPS) is 19.8. The van der Waals surface area contributed by atoms with Gasteiger partial charge in [0.25, 0.3) is 0 Å². The third-order valence-corrected chi connectivity index (χ3v) is 17.1.